The lowest BCUT2D eigenvalue weighted by atomic mass is 10.0. The number of carbonyl (C=O) groups is 1. The van der Waals surface area contributed by atoms with Crippen molar-refractivity contribution in [3.05, 3.63) is 68.0 Å². The first kappa shape index (κ1) is 17.7. The number of benzene rings is 1. The van der Waals surface area contributed by atoms with Gasteiger partial charge < -0.3 is 15.6 Å². The highest BCUT2D eigenvalue weighted by Gasteiger charge is 2.46. The summed E-state index contributed by atoms with van der Waals surface area (Å²) in [6, 6.07) is 6.57. The minimum Gasteiger partial charge on any atom is -0.393 e. The topological polar surface area (TPSA) is 107 Å². The largest absolute Gasteiger partial charge is 0.393 e. The maximum Gasteiger partial charge on any atom is 0.352 e. The van der Waals surface area contributed by atoms with E-state index in [0.717, 1.165) is 14.3 Å². The molecule has 1 aromatic heterocycles. The average molecular weight is 457 g/mol. The maximum atomic E-state index is 13.9. The van der Waals surface area contributed by atoms with E-state index in [4.69, 9.17) is 10.5 Å². The van der Waals surface area contributed by atoms with Crippen molar-refractivity contribution in [2.45, 2.75) is 11.8 Å². The summed E-state index contributed by atoms with van der Waals surface area (Å²) in [4.78, 5) is 28.7. The lowest BCUT2D eigenvalue weighted by molar-refractivity contribution is -0.0708. The van der Waals surface area contributed by atoms with Crippen molar-refractivity contribution in [1.29, 1.82) is 0 Å². The van der Waals surface area contributed by atoms with Crippen LogP contribution in [0.4, 0.5) is 10.2 Å². The van der Waals surface area contributed by atoms with Gasteiger partial charge in [-0.05, 0) is 40.8 Å². The second-order valence-corrected chi connectivity index (χ2v) is 6.60. The summed E-state index contributed by atoms with van der Waals surface area (Å²) in [5, 5.41) is 9.32. The van der Waals surface area contributed by atoms with Crippen LogP contribution in [0, 0.1) is 9.39 Å². The summed E-state index contributed by atoms with van der Waals surface area (Å²) in [7, 11) is 0. The van der Waals surface area contributed by atoms with Crippen LogP contribution in [0.25, 0.3) is 0 Å². The zero-order chi connectivity index (χ0) is 18.2. The van der Waals surface area contributed by atoms with Crippen LogP contribution < -0.4 is 11.4 Å². The molecular formula is C16H13FIN3O4. The first-order valence-corrected chi connectivity index (χ1v) is 8.29. The zero-order valence-corrected chi connectivity index (χ0v) is 14.9. The molecule has 0 unspecified atom stereocenters. The number of carbonyl (C=O) groups excluding carboxylic acids is 1. The summed E-state index contributed by atoms with van der Waals surface area (Å²) < 4.78 is 21.2. The number of Topliss-reactive ketones (excluding diaryl/α,β-unsaturated/α-hetero) is 1. The Morgan fingerprint density at radius 2 is 2.12 bits per heavy atom. The monoisotopic (exact) mass is 457 g/mol. The van der Waals surface area contributed by atoms with Crippen LogP contribution in [0.5, 0.6) is 0 Å². The molecule has 2 aromatic rings. The van der Waals surface area contributed by atoms with Crippen molar-refractivity contribution in [2.75, 3.05) is 12.3 Å². The van der Waals surface area contributed by atoms with E-state index in [1.54, 1.807) is 24.3 Å². The molecule has 0 bridgehead atoms. The van der Waals surface area contributed by atoms with Gasteiger partial charge in [-0.1, -0.05) is 18.2 Å². The molecule has 25 heavy (non-hydrogen) atoms. The number of halogens is 2. The Hall–Kier alpha value is -2.11. The van der Waals surface area contributed by atoms with Crippen molar-refractivity contribution in [3.63, 3.8) is 0 Å². The van der Waals surface area contributed by atoms with Gasteiger partial charge in [0.2, 0.25) is 11.5 Å². The van der Waals surface area contributed by atoms with Crippen molar-refractivity contribution >= 4 is 34.2 Å². The first-order chi connectivity index (χ1) is 11.9. The average Bonchev–Trinajstić information content (AvgIpc) is 3.03. The number of ether oxygens (including phenoxy) is 1. The summed E-state index contributed by atoms with van der Waals surface area (Å²) >= 11 is 2.09. The van der Waals surface area contributed by atoms with Crippen LogP contribution in [0.2, 0.25) is 0 Å². The summed E-state index contributed by atoms with van der Waals surface area (Å²) in [6.45, 7) is -0.405. The van der Waals surface area contributed by atoms with E-state index >= 15 is 0 Å². The Bertz CT molecular complexity index is 913. The van der Waals surface area contributed by atoms with Gasteiger partial charge in [-0.2, -0.15) is 4.98 Å². The number of aliphatic hydroxyl groups is 1. The highest BCUT2D eigenvalue weighted by molar-refractivity contribution is 14.1. The smallest absolute Gasteiger partial charge is 0.352 e. The van der Waals surface area contributed by atoms with Crippen LogP contribution >= 0.6 is 22.6 Å². The molecule has 0 fully saturated rings. The summed E-state index contributed by atoms with van der Waals surface area (Å²) in [5.74, 6) is -2.12. The fourth-order valence-electron chi connectivity index (χ4n) is 2.51. The van der Waals surface area contributed by atoms with Crippen molar-refractivity contribution < 1.29 is 19.0 Å². The van der Waals surface area contributed by atoms with Gasteiger partial charge in [0.25, 0.3) is 0 Å². The molecular weight excluding hydrogens is 444 g/mol. The maximum absolute atomic E-state index is 13.9. The van der Waals surface area contributed by atoms with Gasteiger partial charge in [-0.25, -0.2) is 9.18 Å². The van der Waals surface area contributed by atoms with E-state index < -0.39 is 41.5 Å². The SMILES string of the molecule is Nc1nc(=O)n([C@@]2(C(=O)c3ccc(I)cc3)C=C[C@@H](CO)O2)cc1F. The number of aromatic nitrogens is 2. The molecule has 2 atom stereocenters. The molecule has 1 aliphatic rings. The van der Waals surface area contributed by atoms with Gasteiger partial charge in [0.1, 0.15) is 6.10 Å². The van der Waals surface area contributed by atoms with E-state index in [-0.39, 0.29) is 5.56 Å². The van der Waals surface area contributed by atoms with Gasteiger partial charge in [-0.3, -0.25) is 9.36 Å². The summed E-state index contributed by atoms with van der Waals surface area (Å²) in [5.41, 5.74) is 2.67. The Balaban J connectivity index is 2.17. The first-order valence-electron chi connectivity index (χ1n) is 7.21. The molecule has 1 aliphatic heterocycles. The molecule has 7 nitrogen and oxygen atoms in total. The fraction of sp³-hybridized carbons (Fsp3) is 0.188. The standard InChI is InChI=1S/C16H13FIN3O4/c17-12-7-21(15(24)20-14(12)19)16(6-5-11(8-22)25-16)13(23)9-1-3-10(18)4-2-9/h1-7,11,22H,8H2,(H2,19,20,24)/t11-,16-/m0/s1. The molecule has 0 saturated heterocycles. The predicted octanol–water partition coefficient (Wildman–Crippen LogP) is 1.05. The molecule has 0 spiro atoms. The lowest BCUT2D eigenvalue weighted by Gasteiger charge is -2.29. The van der Waals surface area contributed by atoms with Crippen molar-refractivity contribution in [3.8, 4) is 0 Å². The molecule has 9 heteroatoms. The fourth-order valence-corrected chi connectivity index (χ4v) is 2.87. The van der Waals surface area contributed by atoms with E-state index in [2.05, 4.69) is 27.6 Å². The Kier molecular flexibility index (Phi) is 4.71. The van der Waals surface area contributed by atoms with Gasteiger partial charge in [0.05, 0.1) is 12.8 Å². The van der Waals surface area contributed by atoms with E-state index in [1.807, 2.05) is 0 Å². The van der Waals surface area contributed by atoms with Gasteiger partial charge in [0, 0.05) is 9.13 Å². The molecule has 0 aliphatic carbocycles. The van der Waals surface area contributed by atoms with Crippen molar-refractivity contribution in [2.24, 2.45) is 0 Å². The van der Waals surface area contributed by atoms with Crippen LogP contribution in [-0.2, 0) is 10.5 Å². The number of rotatable bonds is 4. The Morgan fingerprint density at radius 3 is 2.72 bits per heavy atom. The molecule has 0 amide bonds. The van der Waals surface area contributed by atoms with Crippen molar-refractivity contribution in [1.82, 2.24) is 9.55 Å². The minimum absolute atomic E-state index is 0.257. The molecule has 0 radical (unpaired) electrons. The second kappa shape index (κ2) is 6.65. The molecule has 0 saturated carbocycles. The number of nitrogens with two attached hydrogens (primary N) is 1. The summed E-state index contributed by atoms with van der Waals surface area (Å²) in [6.07, 6.45) is 2.71. The minimum atomic E-state index is -1.95. The van der Waals surface area contributed by atoms with E-state index in [0.29, 0.717) is 0 Å². The number of hydrogen-bond acceptors (Lipinski definition) is 6. The number of aliphatic hydroxyl groups excluding tert-OH is 1. The van der Waals surface area contributed by atoms with Gasteiger partial charge in [0.15, 0.2) is 11.6 Å². The number of hydrogen-bond donors (Lipinski definition) is 2. The number of nitrogens with zero attached hydrogens (tertiary/aromatic N) is 2. The Labute approximate surface area is 155 Å². The third-order valence-electron chi connectivity index (χ3n) is 3.75. The van der Waals surface area contributed by atoms with Crippen LogP contribution in [0.15, 0.2) is 47.4 Å². The Morgan fingerprint density at radius 1 is 1.44 bits per heavy atom. The third-order valence-corrected chi connectivity index (χ3v) is 4.47. The number of ketones is 1. The van der Waals surface area contributed by atoms with Crippen LogP contribution in [0.3, 0.4) is 0 Å². The second-order valence-electron chi connectivity index (χ2n) is 5.36. The normalized spacial score (nSPS) is 22.3. The van der Waals surface area contributed by atoms with E-state index in [1.165, 1.54) is 12.2 Å². The highest BCUT2D eigenvalue weighted by atomic mass is 127. The number of nitrogen functional groups attached to an aromatic ring is 1. The molecule has 1 aromatic carbocycles. The van der Waals surface area contributed by atoms with Crippen LogP contribution in [0.1, 0.15) is 10.4 Å². The van der Waals surface area contributed by atoms with E-state index in [9.17, 15) is 19.1 Å². The number of anilines is 1. The molecule has 2 heterocycles. The molecule has 3 N–H and O–H groups in total. The van der Waals surface area contributed by atoms with Gasteiger partial charge in [-0.15, -0.1) is 0 Å². The molecule has 130 valence electrons. The van der Waals surface area contributed by atoms with Crippen LogP contribution in [-0.4, -0.2) is 33.2 Å². The zero-order valence-electron chi connectivity index (χ0n) is 12.7. The lowest BCUT2D eigenvalue weighted by Crippen LogP contribution is -2.48. The third kappa shape index (κ3) is 3.10. The van der Waals surface area contributed by atoms with Gasteiger partial charge >= 0.3 is 5.69 Å². The quantitative estimate of drug-likeness (QED) is 0.404. The predicted molar refractivity (Wildman–Crippen MR) is 95.4 cm³/mol. The molecule has 3 rings (SSSR count). The highest BCUT2D eigenvalue weighted by Crippen LogP contribution is 2.32.